The predicted molar refractivity (Wildman–Crippen MR) is 124 cm³/mol. The van der Waals surface area contributed by atoms with E-state index in [0.29, 0.717) is 18.6 Å². The average Bonchev–Trinajstić information content (AvgIpc) is 3.03. The summed E-state index contributed by atoms with van der Waals surface area (Å²) in [6, 6.07) is 6.53. The van der Waals surface area contributed by atoms with E-state index in [9.17, 15) is 4.79 Å². The number of hydrogen-bond acceptors (Lipinski definition) is 3. The molecule has 0 aromatic heterocycles. The van der Waals surface area contributed by atoms with Crippen LogP contribution in [-0.2, 0) is 11.3 Å². The Kier molecular flexibility index (Phi) is 10.7. The highest BCUT2D eigenvalue weighted by molar-refractivity contribution is 5.78. The van der Waals surface area contributed by atoms with Crippen LogP contribution in [0.1, 0.15) is 84.3 Å². The Morgan fingerprint density at radius 2 is 1.86 bits per heavy atom. The number of hydrogen-bond donors (Lipinski definition) is 1. The Hall–Kier alpha value is -2.03. The molecule has 28 heavy (non-hydrogen) atoms. The van der Waals surface area contributed by atoms with Crippen LogP contribution in [0.3, 0.4) is 0 Å². The number of rotatable bonds is 10. The fourth-order valence-electron chi connectivity index (χ4n) is 3.31. The molecule has 0 saturated heterocycles. The molecule has 0 radical (unpaired) electrons. The van der Waals surface area contributed by atoms with Crippen molar-refractivity contribution in [2.45, 2.75) is 85.7 Å². The molecular weight excluding hydrogens is 344 g/mol. The molecule has 0 aliphatic carbocycles. The number of nitrogens with zero attached hydrogens (tertiary/aromatic N) is 1. The summed E-state index contributed by atoms with van der Waals surface area (Å²) >= 11 is 0. The molecule has 1 heterocycles. The fraction of sp³-hybridized carbons (Fsp3) is 0.560. The summed E-state index contributed by atoms with van der Waals surface area (Å²) in [4.78, 5) is 14.1. The van der Waals surface area contributed by atoms with E-state index in [-0.39, 0.29) is 6.04 Å². The molecule has 3 heteroatoms. The highest BCUT2D eigenvalue weighted by Crippen LogP contribution is 2.39. The molecule has 1 aromatic rings. The minimum Gasteiger partial charge on any atom is -0.385 e. The molecule has 0 saturated carbocycles. The normalized spacial score (nSPS) is 13.5. The lowest BCUT2D eigenvalue weighted by molar-refractivity contribution is -0.119. The number of carbonyl (C=O) groups excluding carboxylic acids is 1. The molecule has 3 nitrogen and oxygen atoms in total. The van der Waals surface area contributed by atoms with E-state index in [1.807, 2.05) is 13.8 Å². The lowest BCUT2D eigenvalue weighted by Gasteiger charge is -2.31. The minimum absolute atomic E-state index is 0.166. The quantitative estimate of drug-likeness (QED) is 0.450. The Morgan fingerprint density at radius 3 is 2.39 bits per heavy atom. The second kappa shape index (κ2) is 12.4. The average molecular weight is 385 g/mol. The first-order valence-electron chi connectivity index (χ1n) is 10.9. The number of fused-ring (bicyclic) bond motifs is 1. The largest absolute Gasteiger partial charge is 0.385 e. The Bertz CT molecular complexity index is 661. The molecule has 1 atom stereocenters. The smallest absolute Gasteiger partial charge is 0.132 e. The Balaban J connectivity index is 0.000000892. The van der Waals surface area contributed by atoms with E-state index in [1.54, 1.807) is 0 Å². The van der Waals surface area contributed by atoms with Crippen LogP contribution in [0.4, 0.5) is 5.69 Å². The van der Waals surface area contributed by atoms with Gasteiger partial charge in [0.05, 0.1) is 6.04 Å². The maximum atomic E-state index is 11.7. The van der Waals surface area contributed by atoms with Gasteiger partial charge in [-0.1, -0.05) is 71.4 Å². The van der Waals surface area contributed by atoms with Crippen molar-refractivity contribution in [3.63, 3.8) is 0 Å². The van der Waals surface area contributed by atoms with Crippen molar-refractivity contribution in [1.29, 1.82) is 0 Å². The molecule has 1 aromatic carbocycles. The predicted octanol–water partition coefficient (Wildman–Crippen LogP) is 6.81. The van der Waals surface area contributed by atoms with Crippen molar-refractivity contribution in [2.75, 3.05) is 11.9 Å². The Labute approximate surface area is 172 Å². The lowest BCUT2D eigenvalue weighted by atomic mass is 10.0. The van der Waals surface area contributed by atoms with Crippen LogP contribution in [0.2, 0.25) is 0 Å². The number of ketones is 1. The van der Waals surface area contributed by atoms with Gasteiger partial charge >= 0.3 is 0 Å². The van der Waals surface area contributed by atoms with E-state index in [2.05, 4.69) is 62.3 Å². The van der Waals surface area contributed by atoms with Gasteiger partial charge in [0, 0.05) is 48.4 Å². The van der Waals surface area contributed by atoms with Crippen LogP contribution in [0.5, 0.6) is 0 Å². The summed E-state index contributed by atoms with van der Waals surface area (Å²) in [7, 11) is 0. The van der Waals surface area contributed by atoms with E-state index in [4.69, 9.17) is 0 Å². The topological polar surface area (TPSA) is 32.3 Å². The van der Waals surface area contributed by atoms with Crippen LogP contribution >= 0.6 is 0 Å². The second-order valence-electron chi connectivity index (χ2n) is 7.63. The van der Waals surface area contributed by atoms with Gasteiger partial charge < -0.3 is 10.2 Å². The highest BCUT2D eigenvalue weighted by atomic mass is 16.1. The van der Waals surface area contributed by atoms with Gasteiger partial charge in [-0.25, -0.2) is 0 Å². The monoisotopic (exact) mass is 384 g/mol. The summed E-state index contributed by atoms with van der Waals surface area (Å²) in [6.45, 7) is 20.8. The second-order valence-corrected chi connectivity index (χ2v) is 7.63. The zero-order chi connectivity index (χ0) is 21.1. The van der Waals surface area contributed by atoms with E-state index in [1.165, 1.54) is 29.7 Å². The number of Topliss-reactive ketones (excluding diaryl/α,β-unsaturated/α-hetero) is 1. The SMILES string of the molecule is C=C(C)C(CCC(=O)CC)N1Cc2c(NCCC)cccc2C1=C.CCCC. The van der Waals surface area contributed by atoms with Crippen molar-refractivity contribution in [3.8, 4) is 0 Å². The van der Waals surface area contributed by atoms with Crippen molar-refractivity contribution in [1.82, 2.24) is 4.90 Å². The molecule has 1 N–H and O–H groups in total. The van der Waals surface area contributed by atoms with Crippen LogP contribution in [-0.4, -0.2) is 23.3 Å². The highest BCUT2D eigenvalue weighted by Gasteiger charge is 2.30. The zero-order valence-electron chi connectivity index (χ0n) is 18.7. The molecule has 156 valence electrons. The van der Waals surface area contributed by atoms with Gasteiger partial charge in [0.1, 0.15) is 5.78 Å². The first kappa shape index (κ1) is 24.0. The minimum atomic E-state index is 0.166. The van der Waals surface area contributed by atoms with E-state index < -0.39 is 0 Å². The van der Waals surface area contributed by atoms with Crippen molar-refractivity contribution in [2.24, 2.45) is 0 Å². The van der Waals surface area contributed by atoms with Crippen LogP contribution in [0, 0.1) is 0 Å². The number of benzene rings is 1. The fourth-order valence-corrected chi connectivity index (χ4v) is 3.31. The van der Waals surface area contributed by atoms with Gasteiger partial charge in [0.15, 0.2) is 0 Å². The number of unbranched alkanes of at least 4 members (excludes halogenated alkanes) is 1. The summed E-state index contributed by atoms with van der Waals surface area (Å²) in [5.41, 5.74) is 5.86. The van der Waals surface area contributed by atoms with Crippen molar-refractivity contribution >= 4 is 17.2 Å². The van der Waals surface area contributed by atoms with Gasteiger partial charge in [0.25, 0.3) is 0 Å². The first-order valence-corrected chi connectivity index (χ1v) is 10.9. The molecule has 0 fully saturated rings. The van der Waals surface area contributed by atoms with Gasteiger partial charge in [-0.2, -0.15) is 0 Å². The molecule has 1 unspecified atom stereocenters. The van der Waals surface area contributed by atoms with Crippen LogP contribution in [0.25, 0.3) is 5.70 Å². The maximum Gasteiger partial charge on any atom is 0.132 e. The lowest BCUT2D eigenvalue weighted by Crippen LogP contribution is -2.31. The number of nitrogens with one attached hydrogen (secondary N) is 1. The van der Waals surface area contributed by atoms with E-state index >= 15 is 0 Å². The van der Waals surface area contributed by atoms with E-state index in [0.717, 1.165) is 37.2 Å². The van der Waals surface area contributed by atoms with Gasteiger partial charge in [-0.05, 0) is 25.8 Å². The van der Waals surface area contributed by atoms with Crippen LogP contribution < -0.4 is 5.32 Å². The van der Waals surface area contributed by atoms with Crippen LogP contribution in [0.15, 0.2) is 36.9 Å². The van der Waals surface area contributed by atoms with Crippen molar-refractivity contribution < 1.29 is 4.79 Å². The molecular formula is C25H40N2O. The van der Waals surface area contributed by atoms with Gasteiger partial charge in [-0.3, -0.25) is 4.79 Å². The third kappa shape index (κ3) is 6.54. The molecule has 0 spiro atoms. The number of carbonyl (C=O) groups is 1. The summed E-state index contributed by atoms with van der Waals surface area (Å²) < 4.78 is 0. The van der Waals surface area contributed by atoms with Gasteiger partial charge in [-0.15, -0.1) is 0 Å². The Morgan fingerprint density at radius 1 is 1.18 bits per heavy atom. The van der Waals surface area contributed by atoms with Gasteiger partial charge in [0.2, 0.25) is 0 Å². The zero-order valence-corrected chi connectivity index (χ0v) is 18.7. The number of anilines is 1. The maximum absolute atomic E-state index is 11.7. The third-order valence-corrected chi connectivity index (χ3v) is 5.26. The van der Waals surface area contributed by atoms with Crippen molar-refractivity contribution in [3.05, 3.63) is 48.1 Å². The third-order valence-electron chi connectivity index (χ3n) is 5.26. The molecule has 2 rings (SSSR count). The molecule has 1 aliphatic heterocycles. The molecule has 0 amide bonds. The summed E-state index contributed by atoms with van der Waals surface area (Å²) in [5.74, 6) is 0.314. The standard InChI is InChI=1S/C21H30N2O.C4H10/c1-6-13-22-20-10-8-9-18-16(5)23(14-19(18)20)21(15(3)4)12-11-17(24)7-2;1-3-4-2/h8-10,21-22H,3,5-7,11-14H2,1-2,4H3;3-4H2,1-2H3. The summed E-state index contributed by atoms with van der Waals surface area (Å²) in [6.07, 6.45) is 5.76. The molecule has 0 bridgehead atoms. The first-order chi connectivity index (χ1) is 13.4. The summed E-state index contributed by atoms with van der Waals surface area (Å²) in [5, 5.41) is 3.52. The molecule has 1 aliphatic rings.